The molecule has 0 spiro atoms. The lowest BCUT2D eigenvalue weighted by Gasteiger charge is -2.12. The summed E-state index contributed by atoms with van der Waals surface area (Å²) in [5.74, 6) is 3.27. The highest BCUT2D eigenvalue weighted by Gasteiger charge is 2.25. The minimum absolute atomic E-state index is 0.487. The fourth-order valence-corrected chi connectivity index (χ4v) is 10.3. The van der Waals surface area contributed by atoms with Crippen LogP contribution in [0.5, 0.6) is 0 Å². The van der Waals surface area contributed by atoms with Gasteiger partial charge in [0.2, 0.25) is 11.9 Å². The molecule has 6 heterocycles. The van der Waals surface area contributed by atoms with E-state index in [1.54, 1.807) is 0 Å². The van der Waals surface area contributed by atoms with E-state index in [1.165, 1.54) is 0 Å². The summed E-state index contributed by atoms with van der Waals surface area (Å²) >= 11 is 0. The van der Waals surface area contributed by atoms with Crippen molar-refractivity contribution < 1.29 is 8.83 Å². The van der Waals surface area contributed by atoms with E-state index in [9.17, 15) is 0 Å². The Balaban J connectivity index is 0.998. The second-order valence-electron chi connectivity index (χ2n) is 17.5. The number of hydrogen-bond acceptors (Lipinski definition) is 8. The zero-order valence-electron chi connectivity index (χ0n) is 37.0. The van der Waals surface area contributed by atoms with Crippen LogP contribution < -0.4 is 0 Å². The van der Waals surface area contributed by atoms with Crippen LogP contribution in [0.1, 0.15) is 0 Å². The number of rotatable bonds is 6. The van der Waals surface area contributed by atoms with Crippen LogP contribution in [0, 0.1) is 0 Å². The molecule has 10 heteroatoms. The first-order valence-corrected chi connectivity index (χ1v) is 23.1. The minimum atomic E-state index is 0.487. The van der Waals surface area contributed by atoms with Crippen molar-refractivity contribution in [3.05, 3.63) is 206 Å². The summed E-state index contributed by atoms with van der Waals surface area (Å²) in [6, 6.07) is 69.9. The zero-order chi connectivity index (χ0) is 45.9. The standard InChI is InChI=1S/C60H34N8O2/c1-3-15-35(16-4-1)55-61-56(36-17-5-2-6-18-36)64-59(63-55)67-45-23-11-7-21-41(45)53-47(67)29-30-48-54(53)42-22-8-12-24-46(42)68(48)60-65-57(37-27-31-51-43(33-37)39-19-9-13-25-49(39)69-51)62-58(66-60)38-28-32-52-44(34-38)40-20-10-14-26-50(40)70-52/h1-34H. The van der Waals surface area contributed by atoms with E-state index >= 15 is 0 Å². The predicted octanol–water partition coefficient (Wildman–Crippen LogP) is 14.7. The SMILES string of the molecule is c1ccc(-c2nc(-c3ccccc3)nc(-n3c4ccccc4c4c5c6ccccc6n(-c6nc(-c7ccc8oc9ccccc9c8c7)nc(-c7ccc8oc9ccccc9c8c7)n6)c5ccc43)n2)cc1. The van der Waals surface area contributed by atoms with Gasteiger partial charge in [0.15, 0.2) is 23.3 Å². The largest absolute Gasteiger partial charge is 0.456 e. The maximum atomic E-state index is 6.25. The van der Waals surface area contributed by atoms with E-state index in [4.69, 9.17) is 38.7 Å². The third-order valence-electron chi connectivity index (χ3n) is 13.5. The van der Waals surface area contributed by atoms with Gasteiger partial charge in [0.1, 0.15) is 22.3 Å². The molecule has 0 aliphatic carbocycles. The lowest BCUT2D eigenvalue weighted by atomic mass is 10.1. The van der Waals surface area contributed by atoms with Crippen LogP contribution >= 0.6 is 0 Å². The van der Waals surface area contributed by atoms with E-state index < -0.39 is 0 Å². The highest BCUT2D eigenvalue weighted by atomic mass is 16.3. The molecule has 0 unspecified atom stereocenters. The number of nitrogens with zero attached hydrogens (tertiary/aromatic N) is 8. The molecule has 0 bridgehead atoms. The molecule has 15 rings (SSSR count). The number of furan rings is 2. The molecule has 15 aromatic rings. The van der Waals surface area contributed by atoms with Gasteiger partial charge in [-0.2, -0.15) is 19.9 Å². The molecule has 0 amide bonds. The van der Waals surface area contributed by atoms with Crippen molar-refractivity contribution in [2.45, 2.75) is 0 Å². The maximum absolute atomic E-state index is 6.25. The molecule has 0 aliphatic rings. The van der Waals surface area contributed by atoms with Gasteiger partial charge in [-0.05, 0) is 72.8 Å². The lowest BCUT2D eigenvalue weighted by molar-refractivity contribution is 0.668. The first kappa shape index (κ1) is 38.3. The van der Waals surface area contributed by atoms with Gasteiger partial charge in [-0.1, -0.05) is 133 Å². The van der Waals surface area contributed by atoms with E-state index in [2.05, 4.69) is 94.1 Å². The van der Waals surface area contributed by atoms with Gasteiger partial charge in [0.25, 0.3) is 0 Å². The van der Waals surface area contributed by atoms with Gasteiger partial charge in [-0.25, -0.2) is 9.97 Å². The molecule has 70 heavy (non-hydrogen) atoms. The van der Waals surface area contributed by atoms with E-state index in [-0.39, 0.29) is 0 Å². The van der Waals surface area contributed by atoms with E-state index in [0.717, 1.165) is 110 Å². The smallest absolute Gasteiger partial charge is 0.238 e. The van der Waals surface area contributed by atoms with E-state index in [0.29, 0.717) is 35.2 Å². The van der Waals surface area contributed by atoms with Crippen molar-refractivity contribution >= 4 is 87.5 Å². The van der Waals surface area contributed by atoms with Gasteiger partial charge in [-0.15, -0.1) is 0 Å². The van der Waals surface area contributed by atoms with Crippen molar-refractivity contribution in [1.29, 1.82) is 0 Å². The van der Waals surface area contributed by atoms with Crippen molar-refractivity contribution in [3.8, 4) is 57.4 Å². The minimum Gasteiger partial charge on any atom is -0.456 e. The molecule has 10 nitrogen and oxygen atoms in total. The first-order chi connectivity index (χ1) is 34.7. The topological polar surface area (TPSA) is 113 Å². The third kappa shape index (κ3) is 5.80. The summed E-state index contributed by atoms with van der Waals surface area (Å²) in [6.07, 6.45) is 0. The van der Waals surface area contributed by atoms with Crippen LogP contribution in [-0.2, 0) is 0 Å². The van der Waals surface area contributed by atoms with Gasteiger partial charge in [0.05, 0.1) is 22.1 Å². The Kier molecular flexibility index (Phi) is 8.13. The summed E-state index contributed by atoms with van der Waals surface area (Å²) in [5.41, 5.74) is 10.6. The molecule has 0 atom stereocenters. The number of para-hydroxylation sites is 4. The van der Waals surface area contributed by atoms with Crippen LogP contribution in [0.15, 0.2) is 215 Å². The predicted molar refractivity (Wildman–Crippen MR) is 278 cm³/mol. The lowest BCUT2D eigenvalue weighted by Crippen LogP contribution is -2.07. The summed E-state index contributed by atoms with van der Waals surface area (Å²) in [6.45, 7) is 0. The molecule has 0 saturated heterocycles. The summed E-state index contributed by atoms with van der Waals surface area (Å²) in [5, 5.41) is 8.28. The van der Waals surface area contributed by atoms with Crippen molar-refractivity contribution in [2.75, 3.05) is 0 Å². The van der Waals surface area contributed by atoms with Crippen molar-refractivity contribution in [2.24, 2.45) is 0 Å². The highest BCUT2D eigenvalue weighted by Crippen LogP contribution is 2.43. The van der Waals surface area contributed by atoms with Gasteiger partial charge < -0.3 is 8.83 Å². The number of fused-ring (bicyclic) bond motifs is 13. The summed E-state index contributed by atoms with van der Waals surface area (Å²) < 4.78 is 16.8. The Bertz CT molecular complexity index is 4420. The highest BCUT2D eigenvalue weighted by molar-refractivity contribution is 6.28. The molecule has 9 aromatic carbocycles. The normalized spacial score (nSPS) is 12.0. The fourth-order valence-electron chi connectivity index (χ4n) is 10.3. The Morgan fingerprint density at radius 3 is 1.06 bits per heavy atom. The van der Waals surface area contributed by atoms with Crippen molar-refractivity contribution in [1.82, 2.24) is 39.0 Å². The van der Waals surface area contributed by atoms with Gasteiger partial charge in [-0.3, -0.25) is 9.13 Å². The molecule has 0 aliphatic heterocycles. The molecule has 6 aromatic heterocycles. The van der Waals surface area contributed by atoms with Gasteiger partial charge >= 0.3 is 0 Å². The van der Waals surface area contributed by atoms with Crippen LogP contribution in [0.25, 0.3) is 145 Å². The van der Waals surface area contributed by atoms with Crippen LogP contribution in [0.4, 0.5) is 0 Å². The first-order valence-electron chi connectivity index (χ1n) is 23.1. The number of benzene rings is 9. The average Bonchev–Trinajstić information content (AvgIpc) is 4.18. The second-order valence-corrected chi connectivity index (χ2v) is 17.5. The second kappa shape index (κ2) is 14.9. The average molecular weight is 899 g/mol. The Morgan fingerprint density at radius 2 is 0.614 bits per heavy atom. The molecule has 0 N–H and O–H groups in total. The fraction of sp³-hybridized carbons (Fsp3) is 0. The molecule has 0 fully saturated rings. The van der Waals surface area contributed by atoms with E-state index in [1.807, 2.05) is 121 Å². The monoisotopic (exact) mass is 898 g/mol. The summed E-state index contributed by atoms with van der Waals surface area (Å²) in [4.78, 5) is 31.4. The number of hydrogen-bond donors (Lipinski definition) is 0. The molecule has 326 valence electrons. The molecule has 0 saturated carbocycles. The van der Waals surface area contributed by atoms with Crippen LogP contribution in [-0.4, -0.2) is 39.0 Å². The summed E-state index contributed by atoms with van der Waals surface area (Å²) in [7, 11) is 0. The van der Waals surface area contributed by atoms with Crippen LogP contribution in [0.2, 0.25) is 0 Å². The third-order valence-corrected chi connectivity index (χ3v) is 13.5. The Hall–Kier alpha value is -9.80. The molecule has 0 radical (unpaired) electrons. The van der Waals surface area contributed by atoms with Gasteiger partial charge in [0, 0.05) is 65.3 Å². The molecular formula is C60H34N8O2. The molecular weight excluding hydrogens is 865 g/mol. The number of aromatic nitrogens is 8. The van der Waals surface area contributed by atoms with Crippen LogP contribution in [0.3, 0.4) is 0 Å². The maximum Gasteiger partial charge on any atom is 0.238 e. The Labute approximate surface area is 397 Å². The van der Waals surface area contributed by atoms with Crippen molar-refractivity contribution in [3.63, 3.8) is 0 Å². The zero-order valence-corrected chi connectivity index (χ0v) is 37.0. The quantitative estimate of drug-likeness (QED) is 0.162. The Morgan fingerprint density at radius 1 is 0.257 bits per heavy atom.